The van der Waals surface area contributed by atoms with E-state index >= 15 is 0 Å². The summed E-state index contributed by atoms with van der Waals surface area (Å²) in [7, 11) is 0. The van der Waals surface area contributed by atoms with E-state index in [1.807, 2.05) is 16.7 Å². The number of hydrogen-bond donors (Lipinski definition) is 0. The van der Waals surface area contributed by atoms with E-state index in [1.165, 1.54) is 0 Å². The summed E-state index contributed by atoms with van der Waals surface area (Å²) in [6.07, 6.45) is 2.84. The van der Waals surface area contributed by atoms with Gasteiger partial charge in [0.15, 0.2) is 0 Å². The van der Waals surface area contributed by atoms with Crippen LogP contribution in [0.2, 0.25) is 0 Å². The normalized spacial score (nSPS) is 22.4. The first kappa shape index (κ1) is 12.4. The Hall–Kier alpha value is 0.300. The smallest absolute Gasteiger partial charge is 0.222 e. The van der Waals surface area contributed by atoms with Crippen molar-refractivity contribution >= 4 is 33.6 Å². The van der Waals surface area contributed by atoms with E-state index in [0.717, 1.165) is 42.6 Å². The molecule has 0 spiro atoms. The third-order valence-corrected chi connectivity index (χ3v) is 4.21. The van der Waals surface area contributed by atoms with Gasteiger partial charge in [-0.25, -0.2) is 0 Å². The van der Waals surface area contributed by atoms with Crippen molar-refractivity contribution in [2.45, 2.75) is 32.2 Å². The van der Waals surface area contributed by atoms with Gasteiger partial charge in [-0.1, -0.05) is 15.9 Å². The maximum absolute atomic E-state index is 11.8. The predicted molar refractivity (Wildman–Crippen MR) is 66.1 cm³/mol. The molecule has 1 aliphatic heterocycles. The predicted octanol–water partition coefficient (Wildman–Crippen LogP) is 2.52. The van der Waals surface area contributed by atoms with Gasteiger partial charge < -0.3 is 4.90 Å². The number of rotatable bonds is 4. The summed E-state index contributed by atoms with van der Waals surface area (Å²) in [5.41, 5.74) is 0. The fraction of sp³-hybridized carbons (Fsp3) is 0.900. The Morgan fingerprint density at radius 3 is 3.00 bits per heavy atom. The van der Waals surface area contributed by atoms with Crippen LogP contribution in [-0.2, 0) is 4.79 Å². The molecule has 0 N–H and O–H groups in total. The molecule has 1 amide bonds. The zero-order valence-corrected chi connectivity index (χ0v) is 11.1. The number of unbranched alkanes of at least 4 members (excludes halogenated alkanes) is 1. The van der Waals surface area contributed by atoms with E-state index in [2.05, 4.69) is 22.9 Å². The Morgan fingerprint density at radius 1 is 1.57 bits per heavy atom. The molecule has 0 aromatic carbocycles. The Labute approximate surface area is 98.9 Å². The number of amides is 1. The van der Waals surface area contributed by atoms with Crippen molar-refractivity contribution in [2.75, 3.05) is 23.4 Å². The second-order valence-corrected chi connectivity index (χ2v) is 5.60. The molecule has 0 saturated carbocycles. The van der Waals surface area contributed by atoms with Crippen LogP contribution in [0.3, 0.4) is 0 Å². The Balaban J connectivity index is 2.27. The summed E-state index contributed by atoms with van der Waals surface area (Å²) in [5, 5.41) is 1.01. The van der Waals surface area contributed by atoms with Crippen molar-refractivity contribution in [3.8, 4) is 0 Å². The van der Waals surface area contributed by atoms with Gasteiger partial charge in [-0.15, -0.1) is 0 Å². The minimum atomic E-state index is 0.346. The molecule has 1 saturated heterocycles. The third kappa shape index (κ3) is 3.81. The van der Waals surface area contributed by atoms with Crippen molar-refractivity contribution in [3.05, 3.63) is 0 Å². The lowest BCUT2D eigenvalue weighted by atomic mass is 10.2. The Kier molecular flexibility index (Phi) is 5.94. The van der Waals surface area contributed by atoms with Crippen LogP contribution in [0.25, 0.3) is 0 Å². The first-order chi connectivity index (χ1) is 6.75. The molecule has 0 radical (unpaired) electrons. The van der Waals surface area contributed by atoms with Crippen molar-refractivity contribution in [3.63, 3.8) is 0 Å². The van der Waals surface area contributed by atoms with Crippen LogP contribution in [0.1, 0.15) is 26.2 Å². The second-order valence-electron chi connectivity index (χ2n) is 3.66. The second kappa shape index (κ2) is 6.72. The molecule has 1 aliphatic rings. The van der Waals surface area contributed by atoms with E-state index in [9.17, 15) is 4.79 Å². The van der Waals surface area contributed by atoms with E-state index in [0.29, 0.717) is 11.9 Å². The third-order valence-electron chi connectivity index (χ3n) is 2.46. The Bertz CT molecular complexity index is 189. The summed E-state index contributed by atoms with van der Waals surface area (Å²) in [4.78, 5) is 13.8. The molecule has 82 valence electrons. The number of thioether (sulfide) groups is 1. The molecule has 2 nitrogen and oxygen atoms in total. The topological polar surface area (TPSA) is 20.3 Å². The van der Waals surface area contributed by atoms with Crippen LogP contribution in [0.5, 0.6) is 0 Å². The largest absolute Gasteiger partial charge is 0.338 e. The first-order valence-electron chi connectivity index (χ1n) is 5.19. The van der Waals surface area contributed by atoms with Gasteiger partial charge in [0.05, 0.1) is 0 Å². The standard InChI is InChI=1S/C10H18BrNOS/c1-9-8-14-7-6-12(9)10(13)4-2-3-5-11/h9H,2-8H2,1H3. The zero-order valence-electron chi connectivity index (χ0n) is 8.67. The fourth-order valence-corrected chi connectivity index (χ4v) is 3.02. The molecule has 1 unspecified atom stereocenters. The van der Waals surface area contributed by atoms with Gasteiger partial charge in [-0.2, -0.15) is 11.8 Å². The minimum absolute atomic E-state index is 0.346. The van der Waals surface area contributed by atoms with Gasteiger partial charge >= 0.3 is 0 Å². The van der Waals surface area contributed by atoms with Crippen LogP contribution in [-0.4, -0.2) is 40.2 Å². The van der Waals surface area contributed by atoms with Gasteiger partial charge in [0.1, 0.15) is 0 Å². The minimum Gasteiger partial charge on any atom is -0.338 e. The summed E-state index contributed by atoms with van der Waals surface area (Å²) >= 11 is 5.33. The number of carbonyl (C=O) groups excluding carboxylic acids is 1. The lowest BCUT2D eigenvalue weighted by Crippen LogP contribution is -2.44. The summed E-state index contributed by atoms with van der Waals surface area (Å²) in [5.74, 6) is 2.55. The molecule has 0 bridgehead atoms. The molecule has 1 atom stereocenters. The molecular weight excluding hydrogens is 262 g/mol. The number of alkyl halides is 1. The maximum Gasteiger partial charge on any atom is 0.222 e. The van der Waals surface area contributed by atoms with E-state index in [-0.39, 0.29) is 0 Å². The highest BCUT2D eigenvalue weighted by molar-refractivity contribution is 9.09. The van der Waals surface area contributed by atoms with Crippen molar-refractivity contribution < 1.29 is 4.79 Å². The molecule has 4 heteroatoms. The fourth-order valence-electron chi connectivity index (χ4n) is 1.61. The molecule has 1 fully saturated rings. The Morgan fingerprint density at radius 2 is 2.36 bits per heavy atom. The highest BCUT2D eigenvalue weighted by Crippen LogP contribution is 2.17. The number of hydrogen-bond acceptors (Lipinski definition) is 2. The molecule has 1 heterocycles. The van der Waals surface area contributed by atoms with E-state index in [4.69, 9.17) is 0 Å². The van der Waals surface area contributed by atoms with E-state index < -0.39 is 0 Å². The van der Waals surface area contributed by atoms with Crippen LogP contribution in [0, 0.1) is 0 Å². The van der Waals surface area contributed by atoms with Crippen molar-refractivity contribution in [1.82, 2.24) is 4.90 Å². The van der Waals surface area contributed by atoms with Crippen LogP contribution in [0.4, 0.5) is 0 Å². The average Bonchev–Trinajstić information content (AvgIpc) is 2.18. The lowest BCUT2D eigenvalue weighted by molar-refractivity contribution is -0.132. The molecule has 14 heavy (non-hydrogen) atoms. The van der Waals surface area contributed by atoms with Crippen LogP contribution < -0.4 is 0 Å². The number of nitrogens with zero attached hydrogens (tertiary/aromatic N) is 1. The maximum atomic E-state index is 11.8. The molecular formula is C10H18BrNOS. The number of carbonyl (C=O) groups is 1. The van der Waals surface area contributed by atoms with Crippen LogP contribution in [0.15, 0.2) is 0 Å². The monoisotopic (exact) mass is 279 g/mol. The first-order valence-corrected chi connectivity index (χ1v) is 7.46. The zero-order chi connectivity index (χ0) is 10.4. The van der Waals surface area contributed by atoms with Gasteiger partial charge in [0, 0.05) is 35.8 Å². The summed E-state index contributed by atoms with van der Waals surface area (Å²) < 4.78 is 0. The SMILES string of the molecule is CC1CSCCN1C(=O)CCCCBr. The molecule has 1 rings (SSSR count). The van der Waals surface area contributed by atoms with Gasteiger partial charge in [-0.05, 0) is 19.8 Å². The van der Waals surface area contributed by atoms with E-state index in [1.54, 1.807) is 0 Å². The van der Waals surface area contributed by atoms with Crippen molar-refractivity contribution in [1.29, 1.82) is 0 Å². The average molecular weight is 280 g/mol. The molecule has 0 aromatic rings. The highest BCUT2D eigenvalue weighted by atomic mass is 79.9. The summed E-state index contributed by atoms with van der Waals surface area (Å²) in [6.45, 7) is 3.09. The van der Waals surface area contributed by atoms with Crippen molar-refractivity contribution in [2.24, 2.45) is 0 Å². The highest BCUT2D eigenvalue weighted by Gasteiger charge is 2.22. The van der Waals surface area contributed by atoms with Gasteiger partial charge in [-0.3, -0.25) is 4.79 Å². The number of halogens is 1. The van der Waals surface area contributed by atoms with Crippen LogP contribution >= 0.6 is 27.7 Å². The lowest BCUT2D eigenvalue weighted by Gasteiger charge is -2.33. The molecule has 0 aliphatic carbocycles. The quantitative estimate of drug-likeness (QED) is 0.582. The van der Waals surface area contributed by atoms with Gasteiger partial charge in [0.2, 0.25) is 5.91 Å². The van der Waals surface area contributed by atoms with Gasteiger partial charge in [0.25, 0.3) is 0 Å². The summed E-state index contributed by atoms with van der Waals surface area (Å²) in [6, 6.07) is 0.435. The molecule has 0 aromatic heterocycles.